The molecule has 0 aromatic carbocycles. The summed E-state index contributed by atoms with van der Waals surface area (Å²) in [6, 6.07) is 0. The van der Waals surface area contributed by atoms with Gasteiger partial charge in [0.2, 0.25) is 0 Å². The predicted molar refractivity (Wildman–Crippen MR) is 81.4 cm³/mol. The van der Waals surface area contributed by atoms with Gasteiger partial charge in [-0.2, -0.15) is 14.6 Å². The van der Waals surface area contributed by atoms with Gasteiger partial charge in [0.05, 0.1) is 0 Å². The van der Waals surface area contributed by atoms with E-state index in [0.29, 0.717) is 11.6 Å². The van der Waals surface area contributed by atoms with Crippen molar-refractivity contribution in [3.8, 4) is 0 Å². The minimum Gasteiger partial charge on any atom is -0.383 e. The minimum absolute atomic E-state index is 0.570. The number of aromatic nitrogens is 4. The Bertz CT molecular complexity index is 534. The van der Waals surface area contributed by atoms with Crippen molar-refractivity contribution >= 4 is 11.6 Å². The van der Waals surface area contributed by atoms with Crippen LogP contribution in [-0.4, -0.2) is 19.6 Å². The Balaban J connectivity index is 1.85. The molecule has 110 valence electrons. The number of hydrogen-bond donors (Lipinski definition) is 1. The molecule has 0 aliphatic carbocycles. The van der Waals surface area contributed by atoms with E-state index in [1.54, 1.807) is 4.52 Å². The molecule has 2 N–H and O–H groups in total. The summed E-state index contributed by atoms with van der Waals surface area (Å²) in [6.07, 6.45) is 12.0. The van der Waals surface area contributed by atoms with Crippen molar-refractivity contribution in [3.63, 3.8) is 0 Å². The lowest BCUT2D eigenvalue weighted by molar-refractivity contribution is 0.413. The first-order valence-electron chi connectivity index (χ1n) is 7.69. The van der Waals surface area contributed by atoms with E-state index in [-0.39, 0.29) is 0 Å². The maximum Gasteiger partial charge on any atom is 0.254 e. The van der Waals surface area contributed by atoms with Crippen LogP contribution in [0.4, 0.5) is 5.82 Å². The zero-order valence-electron chi connectivity index (χ0n) is 12.5. The summed E-state index contributed by atoms with van der Waals surface area (Å²) in [5.74, 6) is 2.13. The largest absolute Gasteiger partial charge is 0.383 e. The van der Waals surface area contributed by atoms with Crippen molar-refractivity contribution < 1.29 is 0 Å². The molecule has 20 heavy (non-hydrogen) atoms. The maximum absolute atomic E-state index is 6.10. The summed E-state index contributed by atoms with van der Waals surface area (Å²) in [6.45, 7) is 4.56. The van der Waals surface area contributed by atoms with E-state index in [1.165, 1.54) is 38.4 Å². The van der Waals surface area contributed by atoms with Crippen LogP contribution < -0.4 is 5.73 Å². The van der Waals surface area contributed by atoms with Crippen molar-refractivity contribution in [2.45, 2.75) is 58.8 Å². The van der Waals surface area contributed by atoms with Crippen molar-refractivity contribution in [3.05, 3.63) is 18.1 Å². The summed E-state index contributed by atoms with van der Waals surface area (Å²) in [7, 11) is 0. The molecule has 2 aromatic rings. The van der Waals surface area contributed by atoms with Gasteiger partial charge < -0.3 is 5.73 Å². The van der Waals surface area contributed by atoms with Gasteiger partial charge in [-0.25, -0.2) is 4.98 Å². The van der Waals surface area contributed by atoms with Crippen LogP contribution in [0.2, 0.25) is 0 Å². The zero-order chi connectivity index (χ0) is 14.4. The highest BCUT2D eigenvalue weighted by atomic mass is 15.3. The summed E-state index contributed by atoms with van der Waals surface area (Å²) >= 11 is 0. The zero-order valence-corrected chi connectivity index (χ0v) is 12.5. The summed E-state index contributed by atoms with van der Waals surface area (Å²) in [4.78, 5) is 8.30. The molecule has 0 radical (unpaired) electrons. The highest BCUT2D eigenvalue weighted by Crippen LogP contribution is 2.20. The third kappa shape index (κ3) is 3.46. The number of rotatable bonds is 8. The lowest BCUT2D eigenvalue weighted by atomic mass is 9.94. The van der Waals surface area contributed by atoms with E-state index in [1.807, 2.05) is 6.20 Å². The molecule has 2 aromatic heterocycles. The molecule has 0 spiro atoms. The van der Waals surface area contributed by atoms with Gasteiger partial charge in [0.1, 0.15) is 12.1 Å². The van der Waals surface area contributed by atoms with Crippen LogP contribution in [0.1, 0.15) is 57.9 Å². The Morgan fingerprint density at radius 1 is 1.20 bits per heavy atom. The number of nitrogens with two attached hydrogens (primary N) is 1. The molecule has 1 atom stereocenters. The summed E-state index contributed by atoms with van der Waals surface area (Å²) < 4.78 is 1.61. The molecule has 5 nitrogen and oxygen atoms in total. The van der Waals surface area contributed by atoms with Crippen molar-refractivity contribution in [2.24, 2.45) is 5.92 Å². The Hall–Kier alpha value is -1.65. The minimum atomic E-state index is 0.570. The van der Waals surface area contributed by atoms with Gasteiger partial charge in [0.15, 0.2) is 0 Å². The molecule has 5 heteroatoms. The number of anilines is 1. The van der Waals surface area contributed by atoms with Crippen LogP contribution in [0.25, 0.3) is 5.78 Å². The molecular weight excluding hydrogens is 250 g/mol. The maximum atomic E-state index is 6.10. The van der Waals surface area contributed by atoms with Gasteiger partial charge in [-0.1, -0.05) is 46.0 Å². The fourth-order valence-corrected chi connectivity index (χ4v) is 2.73. The quantitative estimate of drug-likeness (QED) is 0.751. The Labute approximate surface area is 120 Å². The van der Waals surface area contributed by atoms with Gasteiger partial charge in [0.25, 0.3) is 5.78 Å². The third-order valence-electron chi connectivity index (χ3n) is 4.01. The average molecular weight is 275 g/mol. The number of hydrogen-bond acceptors (Lipinski definition) is 4. The summed E-state index contributed by atoms with van der Waals surface area (Å²) in [5, 5.41) is 4.09. The molecule has 2 heterocycles. The number of aryl methyl sites for hydroxylation is 1. The topological polar surface area (TPSA) is 69.1 Å². The first-order chi connectivity index (χ1) is 9.76. The predicted octanol–water partition coefficient (Wildman–Crippen LogP) is 3.25. The first-order valence-corrected chi connectivity index (χ1v) is 7.69. The molecule has 0 aliphatic heterocycles. The van der Waals surface area contributed by atoms with E-state index in [9.17, 15) is 0 Å². The number of nitrogens with zero attached hydrogens (tertiary/aromatic N) is 4. The molecular formula is C15H25N5. The lowest BCUT2D eigenvalue weighted by Gasteiger charge is -2.13. The smallest absolute Gasteiger partial charge is 0.254 e. The fraction of sp³-hybridized carbons (Fsp3) is 0.667. The first kappa shape index (κ1) is 14.8. The molecule has 2 rings (SSSR count). The molecule has 0 bridgehead atoms. The van der Waals surface area contributed by atoms with Crippen molar-refractivity contribution in [1.29, 1.82) is 0 Å². The fourth-order valence-electron chi connectivity index (χ4n) is 2.73. The van der Waals surface area contributed by atoms with E-state index in [2.05, 4.69) is 28.9 Å². The molecule has 0 amide bonds. The summed E-state index contributed by atoms with van der Waals surface area (Å²) in [5.41, 5.74) is 7.18. The molecule has 0 aliphatic rings. The molecule has 0 saturated heterocycles. The Kier molecular flexibility index (Phi) is 5.32. The van der Waals surface area contributed by atoms with Crippen molar-refractivity contribution in [1.82, 2.24) is 19.6 Å². The Morgan fingerprint density at radius 2 is 2.05 bits per heavy atom. The van der Waals surface area contributed by atoms with E-state index in [4.69, 9.17) is 5.73 Å². The number of nitrogen functional groups attached to an aromatic ring is 1. The molecule has 1 unspecified atom stereocenters. The SMILES string of the molecule is CCCC(CC)CCCCc1cnc2ncnn2c1N. The van der Waals surface area contributed by atoms with Crippen LogP contribution in [0, 0.1) is 5.92 Å². The number of fused-ring (bicyclic) bond motifs is 1. The van der Waals surface area contributed by atoms with E-state index >= 15 is 0 Å². The van der Waals surface area contributed by atoms with Crippen LogP contribution in [0.5, 0.6) is 0 Å². The highest BCUT2D eigenvalue weighted by Gasteiger charge is 2.08. The van der Waals surface area contributed by atoms with Gasteiger partial charge >= 0.3 is 0 Å². The normalized spacial score (nSPS) is 12.9. The van der Waals surface area contributed by atoms with Gasteiger partial charge in [-0.05, 0) is 18.8 Å². The van der Waals surface area contributed by atoms with Crippen LogP contribution in [0.15, 0.2) is 12.5 Å². The van der Waals surface area contributed by atoms with Gasteiger partial charge in [0, 0.05) is 11.8 Å². The average Bonchev–Trinajstić information content (AvgIpc) is 2.93. The van der Waals surface area contributed by atoms with E-state index < -0.39 is 0 Å². The van der Waals surface area contributed by atoms with Gasteiger partial charge in [-0.15, -0.1) is 0 Å². The third-order valence-corrected chi connectivity index (χ3v) is 4.01. The number of unbranched alkanes of at least 4 members (excludes halogenated alkanes) is 1. The lowest BCUT2D eigenvalue weighted by Crippen LogP contribution is -2.05. The highest BCUT2D eigenvalue weighted by molar-refractivity contribution is 5.45. The second kappa shape index (κ2) is 7.22. The molecule has 0 fully saturated rings. The monoisotopic (exact) mass is 275 g/mol. The van der Waals surface area contributed by atoms with Crippen LogP contribution in [-0.2, 0) is 6.42 Å². The van der Waals surface area contributed by atoms with Crippen LogP contribution >= 0.6 is 0 Å². The Morgan fingerprint density at radius 3 is 2.80 bits per heavy atom. The second-order valence-electron chi connectivity index (χ2n) is 5.45. The molecule has 0 saturated carbocycles. The van der Waals surface area contributed by atoms with E-state index in [0.717, 1.165) is 24.3 Å². The van der Waals surface area contributed by atoms with Gasteiger partial charge in [-0.3, -0.25) is 0 Å². The standard InChI is InChI=1S/C15H25N5/c1-3-7-12(4-2)8-5-6-9-13-10-17-15-18-11-19-20(15)14(13)16/h10-12H,3-9,16H2,1-2H3. The van der Waals surface area contributed by atoms with Crippen molar-refractivity contribution in [2.75, 3.05) is 5.73 Å². The van der Waals surface area contributed by atoms with Crippen LogP contribution in [0.3, 0.4) is 0 Å². The second-order valence-corrected chi connectivity index (χ2v) is 5.45.